The Hall–Kier alpha value is -1.83. The van der Waals surface area contributed by atoms with Crippen molar-refractivity contribution in [3.8, 4) is 6.07 Å². The van der Waals surface area contributed by atoms with Gasteiger partial charge in [-0.2, -0.15) is 5.26 Å². The van der Waals surface area contributed by atoms with Gasteiger partial charge in [-0.05, 0) is 17.8 Å². The molecule has 0 spiro atoms. The molecule has 0 aliphatic heterocycles. The third-order valence-electron chi connectivity index (χ3n) is 2.72. The van der Waals surface area contributed by atoms with Crippen LogP contribution in [0, 0.1) is 22.7 Å². The lowest BCUT2D eigenvalue weighted by Crippen LogP contribution is -2.25. The molecule has 0 saturated carbocycles. The van der Waals surface area contributed by atoms with Crippen LogP contribution in [0.1, 0.15) is 34.1 Å². The second-order valence-electron chi connectivity index (χ2n) is 5.92. The van der Waals surface area contributed by atoms with Gasteiger partial charge in [-0.1, -0.05) is 27.7 Å². The highest BCUT2D eigenvalue weighted by molar-refractivity contribution is 5.46. The molecule has 0 aromatic carbocycles. The SMILES string of the molecule is CC(C)CC(C)(C)CNc1cc(NCC#N)ncn1. The van der Waals surface area contributed by atoms with Gasteiger partial charge < -0.3 is 10.6 Å². The minimum Gasteiger partial charge on any atom is -0.369 e. The first-order valence-electron chi connectivity index (χ1n) is 6.60. The van der Waals surface area contributed by atoms with E-state index in [9.17, 15) is 0 Å². The van der Waals surface area contributed by atoms with Gasteiger partial charge in [0.15, 0.2) is 0 Å². The third-order valence-corrected chi connectivity index (χ3v) is 2.72. The zero-order chi connectivity index (χ0) is 14.3. The van der Waals surface area contributed by atoms with Crippen LogP contribution in [-0.2, 0) is 0 Å². The summed E-state index contributed by atoms with van der Waals surface area (Å²) in [4.78, 5) is 8.24. The van der Waals surface area contributed by atoms with Crippen LogP contribution in [0.15, 0.2) is 12.4 Å². The Morgan fingerprint density at radius 1 is 1.26 bits per heavy atom. The van der Waals surface area contributed by atoms with Crippen molar-refractivity contribution in [2.75, 3.05) is 23.7 Å². The molecule has 1 rings (SSSR count). The predicted octanol–water partition coefficient (Wildman–Crippen LogP) is 2.90. The zero-order valence-electron chi connectivity index (χ0n) is 12.2. The van der Waals surface area contributed by atoms with E-state index >= 15 is 0 Å². The quantitative estimate of drug-likeness (QED) is 0.738. The minimum atomic E-state index is 0.222. The van der Waals surface area contributed by atoms with E-state index in [1.807, 2.05) is 12.1 Å². The molecule has 1 heterocycles. The van der Waals surface area contributed by atoms with Crippen LogP contribution < -0.4 is 10.6 Å². The molecule has 0 atom stereocenters. The van der Waals surface area contributed by atoms with E-state index in [0.717, 1.165) is 18.8 Å². The Kier molecular flexibility index (Phi) is 5.56. The van der Waals surface area contributed by atoms with Gasteiger partial charge >= 0.3 is 0 Å². The molecule has 1 aromatic heterocycles. The molecule has 0 fully saturated rings. The summed E-state index contributed by atoms with van der Waals surface area (Å²) in [5.41, 5.74) is 0.222. The predicted molar refractivity (Wildman–Crippen MR) is 77.9 cm³/mol. The van der Waals surface area contributed by atoms with Gasteiger partial charge in [0.25, 0.3) is 0 Å². The molecule has 0 amide bonds. The van der Waals surface area contributed by atoms with E-state index in [-0.39, 0.29) is 12.0 Å². The van der Waals surface area contributed by atoms with Crippen molar-refractivity contribution in [1.82, 2.24) is 9.97 Å². The van der Waals surface area contributed by atoms with Crippen molar-refractivity contribution in [3.63, 3.8) is 0 Å². The van der Waals surface area contributed by atoms with E-state index < -0.39 is 0 Å². The second-order valence-corrected chi connectivity index (χ2v) is 5.92. The highest BCUT2D eigenvalue weighted by Crippen LogP contribution is 2.25. The molecule has 19 heavy (non-hydrogen) atoms. The first-order valence-corrected chi connectivity index (χ1v) is 6.60. The number of nitriles is 1. The van der Waals surface area contributed by atoms with Crippen LogP contribution >= 0.6 is 0 Å². The normalized spacial score (nSPS) is 11.2. The van der Waals surface area contributed by atoms with Crippen molar-refractivity contribution in [2.24, 2.45) is 11.3 Å². The van der Waals surface area contributed by atoms with Crippen molar-refractivity contribution >= 4 is 11.6 Å². The lowest BCUT2D eigenvalue weighted by atomic mass is 9.84. The maximum atomic E-state index is 8.52. The number of rotatable bonds is 7. The minimum absolute atomic E-state index is 0.222. The zero-order valence-corrected chi connectivity index (χ0v) is 12.2. The summed E-state index contributed by atoms with van der Waals surface area (Å²) < 4.78 is 0. The summed E-state index contributed by atoms with van der Waals surface area (Å²) in [6, 6.07) is 3.84. The Bertz CT molecular complexity index is 434. The highest BCUT2D eigenvalue weighted by atomic mass is 15.1. The van der Waals surface area contributed by atoms with E-state index in [1.54, 1.807) is 0 Å². The number of anilines is 2. The topological polar surface area (TPSA) is 73.6 Å². The lowest BCUT2D eigenvalue weighted by molar-refractivity contribution is 0.306. The molecule has 0 aliphatic rings. The standard InChI is InChI=1S/C14H23N5/c1-11(2)8-14(3,4)9-17-13-7-12(16-6-5-15)18-10-19-13/h7,10-11H,6,8-9H2,1-4H3,(H2,16,17,18,19). The smallest absolute Gasteiger partial charge is 0.132 e. The Balaban J connectivity index is 2.55. The molecule has 0 unspecified atom stereocenters. The van der Waals surface area contributed by atoms with Crippen LogP contribution in [0.2, 0.25) is 0 Å². The summed E-state index contributed by atoms with van der Waals surface area (Å²) in [6.45, 7) is 10.1. The number of nitrogens with one attached hydrogen (secondary N) is 2. The van der Waals surface area contributed by atoms with Crippen LogP contribution in [0.25, 0.3) is 0 Å². The van der Waals surface area contributed by atoms with Gasteiger partial charge in [-0.25, -0.2) is 9.97 Å². The van der Waals surface area contributed by atoms with Gasteiger partial charge in [0.1, 0.15) is 24.5 Å². The van der Waals surface area contributed by atoms with Crippen molar-refractivity contribution in [1.29, 1.82) is 5.26 Å². The second kappa shape index (κ2) is 6.93. The Labute approximate surface area is 115 Å². The van der Waals surface area contributed by atoms with Crippen LogP contribution in [0.3, 0.4) is 0 Å². The Morgan fingerprint density at radius 2 is 1.89 bits per heavy atom. The molecule has 0 bridgehead atoms. The summed E-state index contributed by atoms with van der Waals surface area (Å²) >= 11 is 0. The first kappa shape index (κ1) is 15.2. The Morgan fingerprint density at radius 3 is 2.47 bits per heavy atom. The molecule has 2 N–H and O–H groups in total. The number of nitrogens with zero attached hydrogens (tertiary/aromatic N) is 3. The monoisotopic (exact) mass is 261 g/mol. The maximum Gasteiger partial charge on any atom is 0.132 e. The van der Waals surface area contributed by atoms with Gasteiger partial charge in [-0.15, -0.1) is 0 Å². The van der Waals surface area contributed by atoms with E-state index in [4.69, 9.17) is 5.26 Å². The first-order chi connectivity index (χ1) is 8.93. The summed E-state index contributed by atoms with van der Waals surface area (Å²) in [5, 5.41) is 14.8. The summed E-state index contributed by atoms with van der Waals surface area (Å²) in [5.74, 6) is 2.13. The average molecular weight is 261 g/mol. The fourth-order valence-corrected chi connectivity index (χ4v) is 2.19. The van der Waals surface area contributed by atoms with E-state index in [2.05, 4.69) is 48.3 Å². The molecule has 5 nitrogen and oxygen atoms in total. The van der Waals surface area contributed by atoms with Crippen LogP contribution in [-0.4, -0.2) is 23.1 Å². The van der Waals surface area contributed by atoms with Crippen molar-refractivity contribution < 1.29 is 0 Å². The van der Waals surface area contributed by atoms with Gasteiger partial charge in [0.2, 0.25) is 0 Å². The summed E-state index contributed by atoms with van der Waals surface area (Å²) in [6.07, 6.45) is 2.65. The van der Waals surface area contributed by atoms with E-state index in [1.165, 1.54) is 6.33 Å². The van der Waals surface area contributed by atoms with Gasteiger partial charge in [0.05, 0.1) is 6.07 Å². The molecular weight excluding hydrogens is 238 g/mol. The third kappa shape index (κ3) is 6.05. The van der Waals surface area contributed by atoms with Crippen molar-refractivity contribution in [2.45, 2.75) is 34.1 Å². The number of hydrogen-bond donors (Lipinski definition) is 2. The number of hydrogen-bond acceptors (Lipinski definition) is 5. The molecule has 5 heteroatoms. The highest BCUT2D eigenvalue weighted by Gasteiger charge is 2.19. The molecule has 0 radical (unpaired) electrons. The van der Waals surface area contributed by atoms with Gasteiger partial charge in [0, 0.05) is 12.6 Å². The lowest BCUT2D eigenvalue weighted by Gasteiger charge is -2.27. The molecule has 1 aromatic rings. The van der Waals surface area contributed by atoms with E-state index in [0.29, 0.717) is 11.7 Å². The van der Waals surface area contributed by atoms with Gasteiger partial charge in [-0.3, -0.25) is 0 Å². The fraction of sp³-hybridized carbons (Fsp3) is 0.643. The van der Waals surface area contributed by atoms with Crippen molar-refractivity contribution in [3.05, 3.63) is 12.4 Å². The molecule has 0 saturated heterocycles. The average Bonchev–Trinajstić information content (AvgIpc) is 2.33. The van der Waals surface area contributed by atoms with Crippen LogP contribution in [0.5, 0.6) is 0 Å². The largest absolute Gasteiger partial charge is 0.369 e. The molecule has 104 valence electrons. The molecule has 0 aliphatic carbocycles. The number of aromatic nitrogens is 2. The summed E-state index contributed by atoms with van der Waals surface area (Å²) in [7, 11) is 0. The maximum absolute atomic E-state index is 8.52. The molecular formula is C14H23N5. The van der Waals surface area contributed by atoms with Crippen LogP contribution in [0.4, 0.5) is 11.6 Å². The fourth-order valence-electron chi connectivity index (χ4n) is 2.19.